The van der Waals surface area contributed by atoms with E-state index in [0.29, 0.717) is 17.9 Å². The molecule has 1 aromatic rings. The van der Waals surface area contributed by atoms with Crippen LogP contribution in [0.2, 0.25) is 0 Å². The third-order valence-electron chi connectivity index (χ3n) is 7.56. The molecule has 0 saturated heterocycles. The SMILES string of the molecule is CCCCCC1CCC(C2CCC(C(O)Cc3ccc(F)c(F)c3)CC2)CC1. The monoisotopic (exact) mass is 392 g/mol. The molecule has 0 bridgehead atoms. The first-order valence-electron chi connectivity index (χ1n) is 11.7. The summed E-state index contributed by atoms with van der Waals surface area (Å²) in [5.74, 6) is 1.36. The van der Waals surface area contributed by atoms with Gasteiger partial charge in [0.25, 0.3) is 0 Å². The molecule has 1 aromatic carbocycles. The highest BCUT2D eigenvalue weighted by atomic mass is 19.2. The molecule has 0 aliphatic heterocycles. The summed E-state index contributed by atoms with van der Waals surface area (Å²) >= 11 is 0. The van der Waals surface area contributed by atoms with Crippen LogP contribution in [0.4, 0.5) is 8.78 Å². The van der Waals surface area contributed by atoms with Crippen molar-refractivity contribution in [2.45, 2.75) is 96.5 Å². The highest BCUT2D eigenvalue weighted by molar-refractivity contribution is 5.18. The minimum atomic E-state index is -0.821. The quantitative estimate of drug-likeness (QED) is 0.469. The van der Waals surface area contributed by atoms with Crippen LogP contribution < -0.4 is 0 Å². The van der Waals surface area contributed by atoms with Gasteiger partial charge in [-0.1, -0.05) is 51.5 Å². The summed E-state index contributed by atoms with van der Waals surface area (Å²) in [4.78, 5) is 0. The van der Waals surface area contributed by atoms with E-state index < -0.39 is 17.7 Å². The van der Waals surface area contributed by atoms with Gasteiger partial charge in [0.2, 0.25) is 0 Å². The maximum atomic E-state index is 13.4. The lowest BCUT2D eigenvalue weighted by Gasteiger charge is -2.39. The van der Waals surface area contributed by atoms with Crippen LogP contribution in [-0.2, 0) is 6.42 Å². The Hall–Kier alpha value is -0.960. The van der Waals surface area contributed by atoms with Gasteiger partial charge in [0, 0.05) is 0 Å². The zero-order valence-electron chi connectivity index (χ0n) is 17.5. The van der Waals surface area contributed by atoms with Gasteiger partial charge in [-0.05, 0) is 86.3 Å². The van der Waals surface area contributed by atoms with E-state index >= 15 is 0 Å². The first-order valence-corrected chi connectivity index (χ1v) is 11.7. The van der Waals surface area contributed by atoms with Gasteiger partial charge in [0.1, 0.15) is 0 Å². The first-order chi connectivity index (χ1) is 13.6. The number of aliphatic hydroxyl groups is 1. The van der Waals surface area contributed by atoms with Crippen LogP contribution in [-0.4, -0.2) is 11.2 Å². The molecule has 2 fully saturated rings. The predicted octanol–water partition coefficient (Wildman–Crippen LogP) is 7.06. The Morgan fingerprint density at radius 2 is 1.54 bits per heavy atom. The lowest BCUT2D eigenvalue weighted by Crippen LogP contribution is -2.31. The molecule has 1 unspecified atom stereocenters. The van der Waals surface area contributed by atoms with Crippen molar-refractivity contribution in [3.8, 4) is 0 Å². The Balaban J connectivity index is 1.39. The molecule has 28 heavy (non-hydrogen) atoms. The maximum Gasteiger partial charge on any atom is 0.159 e. The Bertz CT molecular complexity index is 586. The van der Waals surface area contributed by atoms with Crippen LogP contribution in [0.3, 0.4) is 0 Å². The summed E-state index contributed by atoms with van der Waals surface area (Å²) in [6, 6.07) is 3.97. The summed E-state index contributed by atoms with van der Waals surface area (Å²) in [5, 5.41) is 10.6. The molecule has 1 N–H and O–H groups in total. The van der Waals surface area contributed by atoms with Gasteiger partial charge in [-0.15, -0.1) is 0 Å². The number of hydrogen-bond donors (Lipinski definition) is 1. The lowest BCUT2D eigenvalue weighted by atomic mass is 9.68. The van der Waals surface area contributed by atoms with Gasteiger partial charge in [-0.25, -0.2) is 8.78 Å². The molecule has 0 heterocycles. The molecule has 158 valence electrons. The second-order valence-electron chi connectivity index (χ2n) is 9.47. The molecule has 2 aliphatic carbocycles. The van der Waals surface area contributed by atoms with Gasteiger partial charge < -0.3 is 5.11 Å². The van der Waals surface area contributed by atoms with Crippen molar-refractivity contribution in [3.63, 3.8) is 0 Å². The molecule has 2 aliphatic rings. The molecule has 1 atom stereocenters. The molecular weight excluding hydrogens is 354 g/mol. The van der Waals surface area contributed by atoms with E-state index in [0.717, 1.165) is 36.7 Å². The fourth-order valence-corrected chi connectivity index (χ4v) is 5.71. The fraction of sp³-hybridized carbons (Fsp3) is 0.760. The first kappa shape index (κ1) is 21.7. The van der Waals surface area contributed by atoms with Crippen molar-refractivity contribution in [1.82, 2.24) is 0 Å². The van der Waals surface area contributed by atoms with Gasteiger partial charge in [0.05, 0.1) is 6.10 Å². The maximum absolute atomic E-state index is 13.4. The Morgan fingerprint density at radius 3 is 2.14 bits per heavy atom. The number of benzene rings is 1. The fourth-order valence-electron chi connectivity index (χ4n) is 5.71. The van der Waals surface area contributed by atoms with Crippen molar-refractivity contribution in [3.05, 3.63) is 35.4 Å². The number of unbranched alkanes of at least 4 members (excludes halogenated alkanes) is 2. The minimum Gasteiger partial charge on any atom is -0.392 e. The lowest BCUT2D eigenvalue weighted by molar-refractivity contribution is 0.0570. The minimum absolute atomic E-state index is 0.301. The summed E-state index contributed by atoms with van der Waals surface area (Å²) in [6.45, 7) is 2.28. The van der Waals surface area contributed by atoms with E-state index in [1.165, 1.54) is 70.3 Å². The van der Waals surface area contributed by atoms with Crippen LogP contribution in [0, 0.1) is 35.3 Å². The van der Waals surface area contributed by atoms with Gasteiger partial charge in [-0.2, -0.15) is 0 Å². The summed E-state index contributed by atoms with van der Waals surface area (Å²) in [5.41, 5.74) is 0.690. The number of rotatable bonds is 8. The van der Waals surface area contributed by atoms with Gasteiger partial charge in [-0.3, -0.25) is 0 Å². The topological polar surface area (TPSA) is 20.2 Å². The van der Waals surface area contributed by atoms with E-state index in [-0.39, 0.29) is 0 Å². The zero-order valence-corrected chi connectivity index (χ0v) is 17.5. The zero-order chi connectivity index (χ0) is 19.9. The molecule has 2 saturated carbocycles. The number of halogens is 2. The second-order valence-corrected chi connectivity index (χ2v) is 9.47. The van der Waals surface area contributed by atoms with Crippen molar-refractivity contribution >= 4 is 0 Å². The molecule has 0 spiro atoms. The smallest absolute Gasteiger partial charge is 0.159 e. The summed E-state index contributed by atoms with van der Waals surface area (Å²) in [6.07, 6.45) is 15.8. The van der Waals surface area contributed by atoms with Crippen molar-refractivity contribution in [2.75, 3.05) is 0 Å². The Kier molecular flexibility index (Phi) is 8.32. The average Bonchev–Trinajstić information content (AvgIpc) is 2.72. The standard InChI is InChI=1S/C25H38F2O/c1-2-3-4-5-18-6-9-20(10-7-18)21-11-13-22(14-12-21)25(28)17-19-8-15-23(26)24(27)16-19/h8,15-16,18,20-22,25,28H,2-7,9-14,17H2,1H3. The molecular formula is C25H38F2O. The highest BCUT2D eigenvalue weighted by Gasteiger charge is 2.32. The molecule has 1 nitrogen and oxygen atoms in total. The second kappa shape index (κ2) is 10.7. The van der Waals surface area contributed by atoms with Crippen molar-refractivity contribution < 1.29 is 13.9 Å². The van der Waals surface area contributed by atoms with E-state index in [1.807, 2.05) is 0 Å². The highest BCUT2D eigenvalue weighted by Crippen LogP contribution is 2.43. The molecule has 0 radical (unpaired) electrons. The summed E-state index contributed by atoms with van der Waals surface area (Å²) < 4.78 is 26.5. The van der Waals surface area contributed by atoms with E-state index in [4.69, 9.17) is 0 Å². The van der Waals surface area contributed by atoms with Gasteiger partial charge >= 0.3 is 0 Å². The van der Waals surface area contributed by atoms with E-state index in [1.54, 1.807) is 6.07 Å². The normalized spacial score (nSPS) is 29.6. The molecule has 3 heteroatoms. The average molecular weight is 393 g/mol. The summed E-state index contributed by atoms with van der Waals surface area (Å²) in [7, 11) is 0. The Morgan fingerprint density at radius 1 is 0.893 bits per heavy atom. The largest absolute Gasteiger partial charge is 0.392 e. The number of aliphatic hydroxyl groups excluding tert-OH is 1. The van der Waals surface area contributed by atoms with Gasteiger partial charge in [0.15, 0.2) is 11.6 Å². The van der Waals surface area contributed by atoms with Crippen molar-refractivity contribution in [2.24, 2.45) is 23.7 Å². The molecule has 0 amide bonds. The van der Waals surface area contributed by atoms with Crippen LogP contribution >= 0.6 is 0 Å². The Labute approximate surface area is 169 Å². The number of hydrogen-bond acceptors (Lipinski definition) is 1. The van der Waals surface area contributed by atoms with E-state index in [2.05, 4.69) is 6.92 Å². The van der Waals surface area contributed by atoms with Crippen LogP contribution in [0.1, 0.15) is 89.5 Å². The van der Waals surface area contributed by atoms with Crippen molar-refractivity contribution in [1.29, 1.82) is 0 Å². The predicted molar refractivity (Wildman–Crippen MR) is 111 cm³/mol. The molecule has 0 aromatic heterocycles. The van der Waals surface area contributed by atoms with Crippen LogP contribution in [0.25, 0.3) is 0 Å². The van der Waals surface area contributed by atoms with Crippen LogP contribution in [0.5, 0.6) is 0 Å². The third-order valence-corrected chi connectivity index (χ3v) is 7.56. The van der Waals surface area contributed by atoms with Crippen LogP contribution in [0.15, 0.2) is 18.2 Å². The van der Waals surface area contributed by atoms with E-state index in [9.17, 15) is 13.9 Å². The third kappa shape index (κ3) is 6.02. The molecule has 3 rings (SSSR count).